The number of hydrogen-bond donors (Lipinski definition) is 0. The number of benzene rings is 12. The molecule has 12 aromatic rings. The van der Waals surface area contributed by atoms with Crippen molar-refractivity contribution in [1.82, 2.24) is 0 Å². The summed E-state index contributed by atoms with van der Waals surface area (Å²) >= 11 is 0. The molecular weight excluding hydrogens is 795 g/mol. The Morgan fingerprint density at radius 2 is 0.742 bits per heavy atom. The van der Waals surface area contributed by atoms with Gasteiger partial charge < -0.3 is 4.90 Å². The highest BCUT2D eigenvalue weighted by Gasteiger charge is 2.37. The molecule has 0 atom stereocenters. The molecule has 0 saturated heterocycles. The van der Waals surface area contributed by atoms with E-state index in [0.717, 1.165) is 5.69 Å². The molecule has 12 aromatic carbocycles. The number of nitrogens with zero attached hydrogens (tertiary/aromatic N) is 1. The quantitative estimate of drug-likeness (QED) is 0.151. The summed E-state index contributed by atoms with van der Waals surface area (Å²) in [5.74, 6) is 0. The van der Waals surface area contributed by atoms with E-state index in [4.69, 9.17) is 0 Å². The zero-order valence-corrected chi connectivity index (χ0v) is 37.0. The van der Waals surface area contributed by atoms with Crippen molar-refractivity contribution in [2.24, 2.45) is 0 Å². The molecule has 0 spiro atoms. The van der Waals surface area contributed by atoms with Gasteiger partial charge in [0.1, 0.15) is 0 Å². The van der Waals surface area contributed by atoms with Crippen molar-refractivity contribution in [3.63, 3.8) is 0 Å². The Balaban J connectivity index is 0.970. The molecule has 1 heteroatoms. The maximum Gasteiger partial charge on any atom is 0.0540 e. The Hall–Kier alpha value is -8.26. The van der Waals surface area contributed by atoms with Crippen LogP contribution in [0.4, 0.5) is 17.1 Å². The molecule has 0 unspecified atom stereocenters. The molecule has 0 heterocycles. The van der Waals surface area contributed by atoms with Crippen molar-refractivity contribution in [2.75, 3.05) is 4.90 Å². The van der Waals surface area contributed by atoms with Crippen LogP contribution in [0.15, 0.2) is 237 Å². The lowest BCUT2D eigenvalue weighted by Crippen LogP contribution is -2.17. The molecule has 0 radical (unpaired) electrons. The second kappa shape index (κ2) is 14.9. The maximum atomic E-state index is 2.49. The van der Waals surface area contributed by atoms with Gasteiger partial charge in [0.15, 0.2) is 0 Å². The average Bonchev–Trinajstić information content (AvgIpc) is 3.60. The Kier molecular flexibility index (Phi) is 8.63. The standard InChI is InChI=1S/C65H45N/c1-65(2)61-38-45(57-40-59-54-31-15-14-30-53(54)58(41-60(59)52-29-13-12-28-51(52)57)50-27-11-10-24-47(50)42-18-4-3-5-19-42)34-36-55(61)56-37-35-46(39-62(56)65)66(63-32-16-22-43-20-6-8-25-48(43)63)64-33-17-23-44-21-7-9-26-49(44)64/h3-41H,1-2H3. The Morgan fingerprint density at radius 1 is 0.273 bits per heavy atom. The predicted octanol–water partition coefficient (Wildman–Crippen LogP) is 18.2. The van der Waals surface area contributed by atoms with E-state index in [1.54, 1.807) is 0 Å². The summed E-state index contributed by atoms with van der Waals surface area (Å²) in [7, 11) is 0. The van der Waals surface area contributed by atoms with E-state index in [-0.39, 0.29) is 5.41 Å². The van der Waals surface area contributed by atoms with E-state index in [0.29, 0.717) is 0 Å². The molecule has 0 N–H and O–H groups in total. The molecule has 0 fully saturated rings. The van der Waals surface area contributed by atoms with Gasteiger partial charge in [0.05, 0.1) is 11.4 Å². The SMILES string of the molecule is CC1(C)c2cc(-c3cc4c5ccccc5c(-c5ccccc5-c5ccccc5)cc4c4ccccc34)ccc2-c2ccc(N(c3cccc4ccccc34)c3cccc4ccccc34)cc21. The fourth-order valence-corrected chi connectivity index (χ4v) is 11.2. The van der Waals surface area contributed by atoms with Gasteiger partial charge in [-0.05, 0) is 141 Å². The summed E-state index contributed by atoms with van der Waals surface area (Å²) < 4.78 is 0. The lowest BCUT2D eigenvalue weighted by atomic mass is 9.80. The summed E-state index contributed by atoms with van der Waals surface area (Å²) in [4.78, 5) is 2.48. The molecule has 66 heavy (non-hydrogen) atoms. The molecule has 13 rings (SSSR count). The number of rotatable bonds is 6. The zero-order valence-electron chi connectivity index (χ0n) is 37.0. The lowest BCUT2D eigenvalue weighted by molar-refractivity contribution is 0.660. The van der Waals surface area contributed by atoms with Gasteiger partial charge in [-0.15, -0.1) is 0 Å². The number of anilines is 3. The van der Waals surface area contributed by atoms with Gasteiger partial charge in [0, 0.05) is 21.9 Å². The lowest BCUT2D eigenvalue weighted by Gasteiger charge is -2.30. The summed E-state index contributed by atoms with van der Waals surface area (Å²) in [6, 6.07) is 87.8. The van der Waals surface area contributed by atoms with Crippen LogP contribution in [0, 0.1) is 0 Å². The molecular formula is C65H45N. The van der Waals surface area contributed by atoms with Crippen LogP contribution in [-0.4, -0.2) is 0 Å². The van der Waals surface area contributed by atoms with E-state index < -0.39 is 0 Å². The van der Waals surface area contributed by atoms with Crippen molar-refractivity contribution in [2.45, 2.75) is 19.3 Å². The zero-order chi connectivity index (χ0) is 43.9. The second-order valence-electron chi connectivity index (χ2n) is 18.4. The van der Waals surface area contributed by atoms with Gasteiger partial charge in [0.2, 0.25) is 0 Å². The minimum Gasteiger partial charge on any atom is -0.309 e. The second-order valence-corrected chi connectivity index (χ2v) is 18.4. The van der Waals surface area contributed by atoms with E-state index >= 15 is 0 Å². The van der Waals surface area contributed by atoms with Gasteiger partial charge in [-0.25, -0.2) is 0 Å². The number of fused-ring (bicyclic) bond motifs is 10. The Bertz CT molecular complexity index is 3820. The maximum absolute atomic E-state index is 2.49. The Morgan fingerprint density at radius 3 is 1.38 bits per heavy atom. The molecule has 1 aliphatic rings. The van der Waals surface area contributed by atoms with Crippen LogP contribution in [0.3, 0.4) is 0 Å². The molecule has 1 aliphatic carbocycles. The first-order valence-corrected chi connectivity index (χ1v) is 23.1. The monoisotopic (exact) mass is 839 g/mol. The van der Waals surface area contributed by atoms with E-state index in [1.807, 2.05) is 0 Å². The summed E-state index contributed by atoms with van der Waals surface area (Å²) in [6.07, 6.45) is 0. The van der Waals surface area contributed by atoms with Crippen LogP contribution in [-0.2, 0) is 5.41 Å². The largest absolute Gasteiger partial charge is 0.309 e. The van der Waals surface area contributed by atoms with Crippen LogP contribution in [0.5, 0.6) is 0 Å². The van der Waals surface area contributed by atoms with Crippen LogP contribution < -0.4 is 4.90 Å². The summed E-state index contributed by atoms with van der Waals surface area (Å²) in [6.45, 7) is 4.82. The third-order valence-corrected chi connectivity index (χ3v) is 14.4. The normalized spacial score (nSPS) is 12.8. The minimum atomic E-state index is -0.250. The van der Waals surface area contributed by atoms with Crippen LogP contribution in [0.1, 0.15) is 25.0 Å². The first kappa shape index (κ1) is 38.2. The van der Waals surface area contributed by atoms with Crippen LogP contribution in [0.25, 0.3) is 98.4 Å². The third kappa shape index (κ3) is 5.87. The van der Waals surface area contributed by atoms with Crippen molar-refractivity contribution >= 4 is 70.9 Å². The highest BCUT2D eigenvalue weighted by molar-refractivity contribution is 6.24. The number of hydrogen-bond acceptors (Lipinski definition) is 1. The average molecular weight is 840 g/mol. The molecule has 310 valence electrons. The predicted molar refractivity (Wildman–Crippen MR) is 283 cm³/mol. The highest BCUT2D eigenvalue weighted by Crippen LogP contribution is 2.53. The van der Waals surface area contributed by atoms with Crippen LogP contribution >= 0.6 is 0 Å². The van der Waals surface area contributed by atoms with Gasteiger partial charge in [0.25, 0.3) is 0 Å². The van der Waals surface area contributed by atoms with Crippen LogP contribution in [0.2, 0.25) is 0 Å². The summed E-state index contributed by atoms with van der Waals surface area (Å²) in [5, 5.41) is 12.5. The van der Waals surface area contributed by atoms with Gasteiger partial charge in [-0.1, -0.05) is 208 Å². The fourth-order valence-electron chi connectivity index (χ4n) is 11.2. The molecule has 0 aromatic heterocycles. The van der Waals surface area contributed by atoms with Gasteiger partial charge in [-0.3, -0.25) is 0 Å². The minimum absolute atomic E-state index is 0.250. The van der Waals surface area contributed by atoms with E-state index in [2.05, 4.69) is 255 Å². The van der Waals surface area contributed by atoms with Crippen molar-refractivity contribution < 1.29 is 0 Å². The molecule has 0 bridgehead atoms. The molecule has 0 amide bonds. The van der Waals surface area contributed by atoms with Crippen molar-refractivity contribution in [3.05, 3.63) is 248 Å². The van der Waals surface area contributed by atoms with E-state index in [1.165, 1.54) is 121 Å². The van der Waals surface area contributed by atoms with Crippen molar-refractivity contribution in [1.29, 1.82) is 0 Å². The topological polar surface area (TPSA) is 3.24 Å². The molecule has 0 saturated carbocycles. The Labute approximate surface area is 385 Å². The fraction of sp³-hybridized carbons (Fsp3) is 0.0462. The molecule has 1 nitrogen and oxygen atoms in total. The summed E-state index contributed by atoms with van der Waals surface area (Å²) in [5.41, 5.74) is 16.0. The highest BCUT2D eigenvalue weighted by atomic mass is 15.1. The molecule has 0 aliphatic heterocycles. The third-order valence-electron chi connectivity index (χ3n) is 14.4. The van der Waals surface area contributed by atoms with Crippen molar-refractivity contribution in [3.8, 4) is 44.5 Å². The first-order chi connectivity index (χ1) is 32.5. The smallest absolute Gasteiger partial charge is 0.0540 e. The van der Waals surface area contributed by atoms with Gasteiger partial charge >= 0.3 is 0 Å². The van der Waals surface area contributed by atoms with E-state index in [9.17, 15) is 0 Å². The van der Waals surface area contributed by atoms with Gasteiger partial charge in [-0.2, -0.15) is 0 Å². The first-order valence-electron chi connectivity index (χ1n) is 23.1.